The van der Waals surface area contributed by atoms with Crippen molar-refractivity contribution < 1.29 is 9.53 Å². The molecule has 0 saturated heterocycles. The Kier molecular flexibility index (Phi) is 6.71. The second-order valence-corrected chi connectivity index (χ2v) is 7.22. The molecule has 1 amide bonds. The van der Waals surface area contributed by atoms with E-state index in [1.54, 1.807) is 17.7 Å². The Morgan fingerprint density at radius 1 is 1.18 bits per heavy atom. The number of rotatable bonds is 8. The number of ether oxygens (including phenoxy) is 1. The molecular weight excluding hydrogens is 374 g/mol. The molecule has 1 N–H and O–H groups in total. The summed E-state index contributed by atoms with van der Waals surface area (Å²) in [5, 5.41) is 4.07. The Morgan fingerprint density at radius 2 is 1.93 bits per heavy atom. The van der Waals surface area contributed by atoms with Crippen LogP contribution in [0, 0.1) is 0 Å². The van der Waals surface area contributed by atoms with Crippen LogP contribution in [0.1, 0.15) is 18.9 Å². The molecule has 0 unspecified atom stereocenters. The van der Waals surface area contributed by atoms with E-state index >= 15 is 0 Å². The van der Waals surface area contributed by atoms with Crippen LogP contribution in [0.3, 0.4) is 0 Å². The fourth-order valence-corrected chi connectivity index (χ4v) is 3.66. The summed E-state index contributed by atoms with van der Waals surface area (Å²) < 4.78 is 6.78. The van der Waals surface area contributed by atoms with Crippen molar-refractivity contribution >= 4 is 28.6 Å². The smallest absolute Gasteiger partial charge is 0.262 e. The van der Waals surface area contributed by atoms with Gasteiger partial charge in [-0.15, -0.1) is 0 Å². The second-order valence-electron chi connectivity index (χ2n) is 6.28. The minimum absolute atomic E-state index is 0.0615. The molecule has 3 rings (SSSR count). The highest BCUT2D eigenvalue weighted by molar-refractivity contribution is 7.99. The minimum Gasteiger partial charge on any atom is -0.497 e. The number of nitrogens with one attached hydrogen (secondary N) is 1. The van der Waals surface area contributed by atoms with Gasteiger partial charge >= 0.3 is 0 Å². The normalized spacial score (nSPS) is 10.8. The maximum Gasteiger partial charge on any atom is 0.262 e. The molecule has 0 aliphatic heterocycles. The number of aromatic nitrogens is 2. The summed E-state index contributed by atoms with van der Waals surface area (Å²) >= 11 is 1.29. The van der Waals surface area contributed by atoms with Crippen LogP contribution in [0.15, 0.2) is 58.5 Å². The van der Waals surface area contributed by atoms with Crippen LogP contribution >= 0.6 is 11.8 Å². The molecule has 1 aromatic heterocycles. The van der Waals surface area contributed by atoms with E-state index in [1.807, 2.05) is 49.4 Å². The molecule has 28 heavy (non-hydrogen) atoms. The third-order valence-corrected chi connectivity index (χ3v) is 5.23. The van der Waals surface area contributed by atoms with Gasteiger partial charge in [0.1, 0.15) is 5.75 Å². The topological polar surface area (TPSA) is 73.2 Å². The number of benzene rings is 2. The molecule has 0 aliphatic rings. The first kappa shape index (κ1) is 19.9. The zero-order chi connectivity index (χ0) is 19.9. The molecule has 7 heteroatoms. The number of amides is 1. The van der Waals surface area contributed by atoms with E-state index < -0.39 is 0 Å². The molecule has 1 heterocycles. The van der Waals surface area contributed by atoms with Gasteiger partial charge in [-0.2, -0.15) is 0 Å². The molecule has 6 nitrogen and oxygen atoms in total. The van der Waals surface area contributed by atoms with Crippen LogP contribution in [-0.4, -0.2) is 28.3 Å². The van der Waals surface area contributed by atoms with Gasteiger partial charge in [0.2, 0.25) is 5.91 Å². The van der Waals surface area contributed by atoms with Gasteiger partial charge in [-0.1, -0.05) is 43.0 Å². The fraction of sp³-hybridized carbons (Fsp3) is 0.286. The number of carbonyl (C=O) groups is 1. The van der Waals surface area contributed by atoms with Gasteiger partial charge < -0.3 is 10.1 Å². The Bertz CT molecular complexity index is 1020. The number of fused-ring (bicyclic) bond motifs is 1. The molecule has 0 saturated carbocycles. The summed E-state index contributed by atoms with van der Waals surface area (Å²) in [5.41, 5.74) is 1.58. The van der Waals surface area contributed by atoms with Crippen LogP contribution in [0.4, 0.5) is 0 Å². The van der Waals surface area contributed by atoms with E-state index in [-0.39, 0.29) is 17.2 Å². The molecule has 3 aromatic rings. The van der Waals surface area contributed by atoms with E-state index in [9.17, 15) is 9.59 Å². The van der Waals surface area contributed by atoms with Crippen molar-refractivity contribution in [2.24, 2.45) is 0 Å². The van der Waals surface area contributed by atoms with Gasteiger partial charge in [-0.25, -0.2) is 4.98 Å². The Hall–Kier alpha value is -2.80. The summed E-state index contributed by atoms with van der Waals surface area (Å²) in [6, 6.07) is 14.8. The predicted octanol–water partition coefficient (Wildman–Crippen LogP) is 3.22. The Balaban J connectivity index is 1.67. The van der Waals surface area contributed by atoms with Crippen molar-refractivity contribution in [3.8, 4) is 5.75 Å². The van der Waals surface area contributed by atoms with E-state index in [4.69, 9.17) is 4.74 Å². The molecule has 0 aliphatic carbocycles. The summed E-state index contributed by atoms with van der Waals surface area (Å²) in [6.07, 6.45) is 0.817. The molecule has 146 valence electrons. The van der Waals surface area contributed by atoms with Gasteiger partial charge in [0.05, 0.1) is 23.8 Å². The minimum atomic E-state index is -0.105. The summed E-state index contributed by atoms with van der Waals surface area (Å²) in [6.45, 7) is 3.03. The Morgan fingerprint density at radius 3 is 2.64 bits per heavy atom. The first-order valence-corrected chi connectivity index (χ1v) is 10.1. The van der Waals surface area contributed by atoms with Crippen molar-refractivity contribution in [1.29, 1.82) is 0 Å². The van der Waals surface area contributed by atoms with E-state index in [2.05, 4.69) is 10.3 Å². The lowest BCUT2D eigenvalue weighted by Crippen LogP contribution is -2.26. The molecule has 0 bridgehead atoms. The van der Waals surface area contributed by atoms with E-state index in [1.165, 1.54) is 11.8 Å². The number of methoxy groups -OCH3 is 1. The van der Waals surface area contributed by atoms with Crippen LogP contribution < -0.4 is 15.6 Å². The zero-order valence-corrected chi connectivity index (χ0v) is 16.8. The average molecular weight is 398 g/mol. The maximum absolute atomic E-state index is 12.7. The van der Waals surface area contributed by atoms with Crippen LogP contribution in [0.25, 0.3) is 10.9 Å². The van der Waals surface area contributed by atoms with E-state index in [0.717, 1.165) is 17.7 Å². The van der Waals surface area contributed by atoms with Gasteiger partial charge in [0.25, 0.3) is 5.56 Å². The Labute approximate surface area is 167 Å². The van der Waals surface area contributed by atoms with Crippen molar-refractivity contribution in [2.75, 3.05) is 12.9 Å². The molecular formula is C21H23N3O3S. The highest BCUT2D eigenvalue weighted by atomic mass is 32.2. The third kappa shape index (κ3) is 4.72. The number of thioether (sulfide) groups is 1. The molecule has 0 atom stereocenters. The lowest BCUT2D eigenvalue weighted by atomic mass is 10.2. The van der Waals surface area contributed by atoms with E-state index in [0.29, 0.717) is 29.1 Å². The van der Waals surface area contributed by atoms with Gasteiger partial charge in [-0.05, 0) is 36.2 Å². The van der Waals surface area contributed by atoms with Crippen LogP contribution in [0.2, 0.25) is 0 Å². The second kappa shape index (κ2) is 9.41. The summed E-state index contributed by atoms with van der Waals surface area (Å²) in [5.74, 6) is 0.873. The largest absolute Gasteiger partial charge is 0.497 e. The number of para-hydroxylation sites is 1. The van der Waals surface area contributed by atoms with Crippen molar-refractivity contribution in [3.05, 3.63) is 64.4 Å². The average Bonchev–Trinajstić information content (AvgIpc) is 2.73. The van der Waals surface area contributed by atoms with Crippen molar-refractivity contribution in [3.63, 3.8) is 0 Å². The predicted molar refractivity (Wildman–Crippen MR) is 112 cm³/mol. The SMILES string of the molecule is CCCn1c(SCC(=O)NCc2ccc(OC)cc2)nc2ccccc2c1=O. The maximum atomic E-state index is 12.7. The highest BCUT2D eigenvalue weighted by Crippen LogP contribution is 2.18. The van der Waals surface area contributed by atoms with Gasteiger partial charge in [-0.3, -0.25) is 14.2 Å². The molecule has 2 aromatic carbocycles. The number of carbonyl (C=O) groups excluding carboxylic acids is 1. The standard InChI is InChI=1S/C21H23N3O3S/c1-3-12-24-20(26)17-6-4-5-7-18(17)23-21(24)28-14-19(25)22-13-15-8-10-16(27-2)11-9-15/h4-11H,3,12-14H2,1-2H3,(H,22,25). The lowest BCUT2D eigenvalue weighted by molar-refractivity contribution is -0.118. The quantitative estimate of drug-likeness (QED) is 0.467. The van der Waals surface area contributed by atoms with Gasteiger partial charge in [0.15, 0.2) is 5.16 Å². The lowest BCUT2D eigenvalue weighted by Gasteiger charge is -2.12. The van der Waals surface area contributed by atoms with Gasteiger partial charge in [0, 0.05) is 13.1 Å². The van der Waals surface area contributed by atoms with Crippen molar-refractivity contribution in [1.82, 2.24) is 14.9 Å². The number of nitrogens with zero attached hydrogens (tertiary/aromatic N) is 2. The monoisotopic (exact) mass is 397 g/mol. The number of hydrogen-bond donors (Lipinski definition) is 1. The zero-order valence-electron chi connectivity index (χ0n) is 16.0. The molecule has 0 radical (unpaired) electrons. The number of hydrogen-bond acceptors (Lipinski definition) is 5. The van der Waals surface area contributed by atoms with Crippen LogP contribution in [-0.2, 0) is 17.9 Å². The first-order valence-electron chi connectivity index (χ1n) is 9.14. The molecule has 0 spiro atoms. The third-order valence-electron chi connectivity index (χ3n) is 4.25. The summed E-state index contributed by atoms with van der Waals surface area (Å²) in [7, 11) is 1.62. The highest BCUT2D eigenvalue weighted by Gasteiger charge is 2.12. The fourth-order valence-electron chi connectivity index (χ4n) is 2.80. The first-order chi connectivity index (χ1) is 13.6. The van der Waals surface area contributed by atoms with Crippen LogP contribution in [0.5, 0.6) is 5.75 Å². The van der Waals surface area contributed by atoms with Crippen molar-refractivity contribution in [2.45, 2.75) is 31.6 Å². The molecule has 0 fully saturated rings. The summed E-state index contributed by atoms with van der Waals surface area (Å²) in [4.78, 5) is 29.6.